The first-order valence-electron chi connectivity index (χ1n) is 7.64. The van der Waals surface area contributed by atoms with E-state index in [9.17, 15) is 4.79 Å². The molecule has 0 aromatic carbocycles. The summed E-state index contributed by atoms with van der Waals surface area (Å²) < 4.78 is 11.8. The molecule has 0 saturated heterocycles. The lowest BCUT2D eigenvalue weighted by atomic mass is 9.46. The molecule has 4 atom stereocenters. The van der Waals surface area contributed by atoms with Gasteiger partial charge in [0.25, 0.3) is 0 Å². The summed E-state index contributed by atoms with van der Waals surface area (Å²) in [4.78, 5) is 12.3. The highest BCUT2D eigenvalue weighted by Crippen LogP contribution is 2.75. The van der Waals surface area contributed by atoms with Crippen molar-refractivity contribution in [1.82, 2.24) is 0 Å². The Hall–Kier alpha value is -0.353. The van der Waals surface area contributed by atoms with Crippen molar-refractivity contribution in [3.63, 3.8) is 0 Å². The van der Waals surface area contributed by atoms with Gasteiger partial charge < -0.3 is 9.16 Å². The molecule has 0 aromatic rings. The number of esters is 1. The van der Waals surface area contributed by atoms with Gasteiger partial charge in [0.2, 0.25) is 0 Å². The van der Waals surface area contributed by atoms with Crippen LogP contribution in [-0.4, -0.2) is 27.0 Å². The maximum Gasteiger partial charge on any atom is 0.311 e. The van der Waals surface area contributed by atoms with Crippen molar-refractivity contribution in [2.75, 3.05) is 7.11 Å². The summed E-state index contributed by atoms with van der Waals surface area (Å²) in [6, 6.07) is 0. The van der Waals surface area contributed by atoms with Gasteiger partial charge in [0.15, 0.2) is 8.32 Å². The Labute approximate surface area is 117 Å². The number of carbonyl (C=O) groups is 1. The predicted molar refractivity (Wildman–Crippen MR) is 76.3 cm³/mol. The third-order valence-corrected chi connectivity index (χ3v) is 6.69. The number of ether oxygens (including phenoxy) is 1. The second-order valence-corrected chi connectivity index (χ2v) is 12.0. The van der Waals surface area contributed by atoms with Gasteiger partial charge in [-0.1, -0.05) is 6.42 Å². The van der Waals surface area contributed by atoms with Gasteiger partial charge in [-0.25, -0.2) is 0 Å². The molecule has 1 spiro atoms. The Morgan fingerprint density at radius 1 is 1.16 bits per heavy atom. The van der Waals surface area contributed by atoms with Crippen molar-refractivity contribution in [3.05, 3.63) is 0 Å². The van der Waals surface area contributed by atoms with Crippen LogP contribution in [0.2, 0.25) is 19.6 Å². The van der Waals surface area contributed by atoms with Crippen LogP contribution in [-0.2, 0) is 14.0 Å². The predicted octanol–water partition coefficient (Wildman–Crippen LogP) is 3.35. The molecule has 0 heterocycles. The Morgan fingerprint density at radius 3 is 2.47 bits per heavy atom. The lowest BCUT2D eigenvalue weighted by Crippen LogP contribution is -2.71. The molecule has 0 aliphatic heterocycles. The first-order chi connectivity index (χ1) is 8.86. The van der Waals surface area contributed by atoms with Gasteiger partial charge in [-0.3, -0.25) is 4.79 Å². The Bertz CT molecular complexity index is 399. The van der Waals surface area contributed by atoms with Gasteiger partial charge >= 0.3 is 5.97 Å². The van der Waals surface area contributed by atoms with Crippen LogP contribution in [0.3, 0.4) is 0 Å². The molecular weight excluding hydrogens is 256 g/mol. The van der Waals surface area contributed by atoms with E-state index in [4.69, 9.17) is 9.16 Å². The van der Waals surface area contributed by atoms with Gasteiger partial charge in [0.1, 0.15) is 0 Å². The third-order valence-electron chi connectivity index (χ3n) is 5.71. The molecule has 0 bridgehead atoms. The minimum Gasteiger partial charge on any atom is -0.469 e. The molecule has 3 fully saturated rings. The van der Waals surface area contributed by atoms with Crippen LogP contribution in [0.4, 0.5) is 0 Å². The van der Waals surface area contributed by atoms with Crippen molar-refractivity contribution in [2.45, 2.75) is 63.8 Å². The summed E-state index contributed by atoms with van der Waals surface area (Å²) in [6.45, 7) is 6.72. The molecule has 0 aromatic heterocycles. The van der Waals surface area contributed by atoms with Crippen LogP contribution in [0.25, 0.3) is 0 Å². The van der Waals surface area contributed by atoms with Gasteiger partial charge in [0, 0.05) is 5.41 Å². The molecule has 108 valence electrons. The summed E-state index contributed by atoms with van der Waals surface area (Å²) in [5, 5.41) is 0. The average Bonchev–Trinajstić information content (AvgIpc) is 2.81. The summed E-state index contributed by atoms with van der Waals surface area (Å²) >= 11 is 0. The van der Waals surface area contributed by atoms with Crippen LogP contribution >= 0.6 is 0 Å². The number of hydrogen-bond donors (Lipinski definition) is 0. The SMILES string of the molecule is COC(=O)[C@H]1C2CCC[C@@]23CCC[C@@]13O[Si](C)(C)C. The van der Waals surface area contributed by atoms with E-state index < -0.39 is 8.32 Å². The number of methoxy groups -OCH3 is 1. The second kappa shape index (κ2) is 4.07. The van der Waals surface area contributed by atoms with E-state index in [2.05, 4.69) is 19.6 Å². The van der Waals surface area contributed by atoms with E-state index in [0.29, 0.717) is 11.3 Å². The fourth-order valence-corrected chi connectivity index (χ4v) is 7.01. The van der Waals surface area contributed by atoms with Gasteiger partial charge in [-0.05, 0) is 57.7 Å². The molecule has 3 aliphatic rings. The first kappa shape index (κ1) is 13.6. The van der Waals surface area contributed by atoms with Crippen molar-refractivity contribution in [3.8, 4) is 0 Å². The molecule has 3 aliphatic carbocycles. The second-order valence-electron chi connectivity index (χ2n) is 7.61. The number of rotatable bonds is 3. The molecule has 19 heavy (non-hydrogen) atoms. The summed E-state index contributed by atoms with van der Waals surface area (Å²) in [6.07, 6.45) is 7.25. The Morgan fingerprint density at radius 2 is 1.84 bits per heavy atom. The van der Waals surface area contributed by atoms with Crippen molar-refractivity contribution in [2.24, 2.45) is 17.3 Å². The molecule has 1 unspecified atom stereocenters. The summed E-state index contributed by atoms with van der Waals surface area (Å²) in [5.74, 6) is 0.510. The van der Waals surface area contributed by atoms with E-state index in [-0.39, 0.29) is 17.5 Å². The smallest absolute Gasteiger partial charge is 0.311 e. The Kier molecular flexibility index (Phi) is 2.92. The van der Waals surface area contributed by atoms with Gasteiger partial charge in [-0.15, -0.1) is 0 Å². The van der Waals surface area contributed by atoms with Crippen LogP contribution < -0.4 is 0 Å². The molecule has 0 radical (unpaired) electrons. The molecule has 0 N–H and O–H groups in total. The fraction of sp³-hybridized carbons (Fsp3) is 0.933. The normalized spacial score (nSPS) is 44.4. The van der Waals surface area contributed by atoms with Crippen molar-refractivity contribution < 1.29 is 14.0 Å². The summed E-state index contributed by atoms with van der Waals surface area (Å²) in [7, 11) is -0.136. The number of hydrogen-bond acceptors (Lipinski definition) is 3. The zero-order valence-corrected chi connectivity index (χ0v) is 13.6. The van der Waals surface area contributed by atoms with Crippen LogP contribution in [0.5, 0.6) is 0 Å². The van der Waals surface area contributed by atoms with Crippen LogP contribution in [0.15, 0.2) is 0 Å². The fourth-order valence-electron chi connectivity index (χ4n) is 5.49. The van der Waals surface area contributed by atoms with E-state index >= 15 is 0 Å². The molecule has 3 nitrogen and oxygen atoms in total. The molecular formula is C15H26O3Si. The Balaban J connectivity index is 1.99. The highest BCUT2D eigenvalue weighted by Gasteiger charge is 2.77. The minimum absolute atomic E-state index is 0.00854. The average molecular weight is 282 g/mol. The quantitative estimate of drug-likeness (QED) is 0.588. The lowest BCUT2D eigenvalue weighted by Gasteiger charge is -2.64. The molecule has 3 rings (SSSR count). The van der Waals surface area contributed by atoms with Crippen molar-refractivity contribution >= 4 is 14.3 Å². The maximum atomic E-state index is 12.3. The minimum atomic E-state index is -1.66. The van der Waals surface area contributed by atoms with Crippen LogP contribution in [0, 0.1) is 17.3 Å². The van der Waals surface area contributed by atoms with Crippen LogP contribution in [0.1, 0.15) is 38.5 Å². The lowest BCUT2D eigenvalue weighted by molar-refractivity contribution is -0.230. The van der Waals surface area contributed by atoms with Gasteiger partial charge in [0.05, 0.1) is 18.6 Å². The van der Waals surface area contributed by atoms with E-state index in [0.717, 1.165) is 6.42 Å². The van der Waals surface area contributed by atoms with E-state index in [1.54, 1.807) is 0 Å². The summed E-state index contributed by atoms with van der Waals surface area (Å²) in [5.41, 5.74) is 0.137. The zero-order valence-electron chi connectivity index (χ0n) is 12.6. The third kappa shape index (κ3) is 1.62. The highest BCUT2D eigenvalue weighted by molar-refractivity contribution is 6.69. The number of carbonyl (C=O) groups excluding carboxylic acids is 1. The van der Waals surface area contributed by atoms with Gasteiger partial charge in [-0.2, -0.15) is 0 Å². The maximum absolute atomic E-state index is 12.3. The highest BCUT2D eigenvalue weighted by atomic mass is 28.4. The molecule has 4 heteroatoms. The molecule has 3 saturated carbocycles. The van der Waals surface area contributed by atoms with E-state index in [1.165, 1.54) is 39.2 Å². The zero-order chi connectivity index (χ0) is 13.9. The standard InChI is InChI=1S/C15H26O3Si/c1-17-13(16)12-11-7-5-8-14(11)9-6-10-15(12,14)18-19(2,3)4/h11-12H,5-10H2,1-4H3/t11?,12-,14-,15-/m1/s1. The molecule has 0 amide bonds. The van der Waals surface area contributed by atoms with Crippen molar-refractivity contribution in [1.29, 1.82) is 0 Å². The topological polar surface area (TPSA) is 35.5 Å². The monoisotopic (exact) mass is 282 g/mol. The largest absolute Gasteiger partial charge is 0.469 e. The van der Waals surface area contributed by atoms with E-state index in [1.807, 2.05) is 0 Å². The first-order valence-corrected chi connectivity index (χ1v) is 11.1.